The van der Waals surface area contributed by atoms with Gasteiger partial charge in [0.15, 0.2) is 12.2 Å². The average Bonchev–Trinajstić information content (AvgIpc) is 3.81. The molecule has 3 unspecified atom stereocenters. The summed E-state index contributed by atoms with van der Waals surface area (Å²) in [7, 11) is 0. The number of aliphatic hydroxyl groups excluding tert-OH is 1. The van der Waals surface area contributed by atoms with Crippen LogP contribution < -0.4 is 20.7 Å². The van der Waals surface area contributed by atoms with E-state index in [2.05, 4.69) is 21.1 Å². The molecule has 0 bridgehead atoms. The van der Waals surface area contributed by atoms with Gasteiger partial charge in [-0.1, -0.05) is 70.1 Å². The lowest BCUT2D eigenvalue weighted by Crippen LogP contribution is -2.65. The molecule has 4 amide bonds. The molecule has 2 aliphatic carbocycles. The Kier molecular flexibility index (Phi) is 12.9. The van der Waals surface area contributed by atoms with Crippen LogP contribution in [0.5, 0.6) is 5.75 Å². The number of ether oxygens (including phenoxy) is 1. The molecule has 1 aromatic carbocycles. The maximum absolute atomic E-state index is 14.6. The van der Waals surface area contributed by atoms with E-state index in [0.29, 0.717) is 53.8 Å². The number of nitrogens with zero attached hydrogens (tertiary/aromatic N) is 2. The molecule has 282 valence electrons. The summed E-state index contributed by atoms with van der Waals surface area (Å²) in [5.41, 5.74) is 0.654. The molecule has 0 spiro atoms. The number of hydrogen-bond donors (Lipinski definition) is 4. The first-order valence-corrected chi connectivity index (χ1v) is 19.2. The van der Waals surface area contributed by atoms with Gasteiger partial charge in [0.1, 0.15) is 17.8 Å². The van der Waals surface area contributed by atoms with Gasteiger partial charge in [-0.3, -0.25) is 19.2 Å². The zero-order valence-corrected chi connectivity index (χ0v) is 31.5. The third kappa shape index (κ3) is 9.74. The molecule has 12 nitrogen and oxygen atoms in total. The number of carbonyl (C=O) groups excluding carboxylic acids is 4. The SMILES string of the molecule is CCC[C@H](NC(=O)[C@@H]1CC2C(c3ccc(OCC)c(Cl)c3)=NOC2CN1C(=O)[C@@H](NC(=O)CC1CCCCC1)C(C)(C)C)C(O)C(=O)NC1CC1. The van der Waals surface area contributed by atoms with E-state index in [4.69, 9.17) is 21.2 Å². The standard InChI is InChI=1S/C38H56ClN5O7/c1-6-11-27(33(46)36(48)40-24-15-16-24)41-35(47)28-20-25-30(51-43-32(25)23-14-17-29(50-7-2)26(39)19-23)21-44(28)37(49)34(38(3,4)5)42-31(45)18-22-12-9-8-10-13-22/h14,17,19,22,24-25,27-28,30,33-34,46H,6-13,15-16,18,20-21H2,1-5H3,(H,40,48)(H,41,47)(H,42,45)/t25?,27-,28-,30?,33?,34+/m0/s1. The molecule has 2 aliphatic heterocycles. The predicted octanol–water partition coefficient (Wildman–Crippen LogP) is 4.48. The van der Waals surface area contributed by atoms with Gasteiger partial charge in [-0.25, -0.2) is 0 Å². The fourth-order valence-electron chi connectivity index (χ4n) is 7.53. The van der Waals surface area contributed by atoms with E-state index in [1.165, 1.54) is 11.3 Å². The van der Waals surface area contributed by atoms with Crippen LogP contribution in [0.15, 0.2) is 23.4 Å². The van der Waals surface area contributed by atoms with Crippen LogP contribution in [0.4, 0.5) is 0 Å². The molecule has 2 heterocycles. The number of amides is 4. The summed E-state index contributed by atoms with van der Waals surface area (Å²) in [5, 5.41) is 24.7. The summed E-state index contributed by atoms with van der Waals surface area (Å²) < 4.78 is 5.61. The van der Waals surface area contributed by atoms with Crippen LogP contribution in [0.25, 0.3) is 0 Å². The normalized spacial score (nSPS) is 23.9. The maximum atomic E-state index is 14.6. The van der Waals surface area contributed by atoms with Crippen LogP contribution in [-0.2, 0) is 24.0 Å². The van der Waals surface area contributed by atoms with E-state index in [9.17, 15) is 24.3 Å². The highest BCUT2D eigenvalue weighted by Gasteiger charge is 2.50. The van der Waals surface area contributed by atoms with Gasteiger partial charge in [0, 0.05) is 23.9 Å². The monoisotopic (exact) mass is 729 g/mol. The van der Waals surface area contributed by atoms with Crippen LogP contribution in [0.2, 0.25) is 5.02 Å². The second-order valence-electron chi connectivity index (χ2n) is 15.8. The number of halogens is 1. The molecule has 2 saturated carbocycles. The van der Waals surface area contributed by atoms with Crippen molar-refractivity contribution in [2.24, 2.45) is 22.4 Å². The van der Waals surface area contributed by atoms with Crippen LogP contribution in [0.3, 0.4) is 0 Å². The number of nitrogens with one attached hydrogen (secondary N) is 3. The Bertz CT molecular complexity index is 1450. The first kappa shape index (κ1) is 38.8. The lowest BCUT2D eigenvalue weighted by atomic mass is 9.80. The molecule has 4 N–H and O–H groups in total. The summed E-state index contributed by atoms with van der Waals surface area (Å²) in [6.07, 6.45) is 6.63. The number of carbonyl (C=O) groups is 4. The Balaban J connectivity index is 1.41. The Morgan fingerprint density at radius 1 is 1.08 bits per heavy atom. The minimum absolute atomic E-state index is 0.0485. The Morgan fingerprint density at radius 2 is 1.80 bits per heavy atom. The number of likely N-dealkylation sites (tertiary alicyclic amines) is 1. The number of benzene rings is 1. The van der Waals surface area contributed by atoms with Crippen molar-refractivity contribution in [3.05, 3.63) is 28.8 Å². The van der Waals surface area contributed by atoms with E-state index < -0.39 is 53.5 Å². The quantitative estimate of drug-likeness (QED) is 0.220. The van der Waals surface area contributed by atoms with E-state index in [-0.39, 0.29) is 30.8 Å². The van der Waals surface area contributed by atoms with E-state index >= 15 is 0 Å². The van der Waals surface area contributed by atoms with Gasteiger partial charge in [-0.15, -0.1) is 0 Å². The van der Waals surface area contributed by atoms with Crippen molar-refractivity contribution in [2.45, 2.75) is 142 Å². The first-order chi connectivity index (χ1) is 24.3. The highest BCUT2D eigenvalue weighted by atomic mass is 35.5. The second-order valence-corrected chi connectivity index (χ2v) is 16.2. The van der Waals surface area contributed by atoms with Crippen molar-refractivity contribution >= 4 is 40.9 Å². The largest absolute Gasteiger partial charge is 0.492 e. The van der Waals surface area contributed by atoms with Crippen molar-refractivity contribution in [1.82, 2.24) is 20.9 Å². The number of oxime groups is 1. The molecular formula is C38H56ClN5O7. The van der Waals surface area contributed by atoms with E-state index in [0.717, 1.165) is 38.5 Å². The molecule has 5 rings (SSSR count). The molecule has 0 radical (unpaired) electrons. The van der Waals surface area contributed by atoms with Gasteiger partial charge in [0.25, 0.3) is 5.91 Å². The molecule has 13 heteroatoms. The number of aliphatic hydroxyl groups is 1. The molecule has 1 aromatic rings. The molecule has 6 atom stereocenters. The van der Waals surface area contributed by atoms with Gasteiger partial charge < -0.3 is 35.5 Å². The van der Waals surface area contributed by atoms with Gasteiger partial charge in [0.2, 0.25) is 17.7 Å². The van der Waals surface area contributed by atoms with Crippen molar-refractivity contribution in [3.8, 4) is 5.75 Å². The van der Waals surface area contributed by atoms with Crippen molar-refractivity contribution < 1.29 is 33.9 Å². The fraction of sp³-hybridized carbons (Fsp3) is 0.711. The lowest BCUT2D eigenvalue weighted by molar-refractivity contribution is -0.152. The summed E-state index contributed by atoms with van der Waals surface area (Å²) in [5.74, 6) is -1.10. The van der Waals surface area contributed by atoms with Crippen molar-refractivity contribution in [3.63, 3.8) is 0 Å². The summed E-state index contributed by atoms with van der Waals surface area (Å²) in [4.78, 5) is 62.7. The van der Waals surface area contributed by atoms with Gasteiger partial charge in [-0.2, -0.15) is 0 Å². The number of rotatable bonds is 14. The minimum atomic E-state index is -1.45. The third-order valence-electron chi connectivity index (χ3n) is 10.5. The maximum Gasteiger partial charge on any atom is 0.251 e. The summed E-state index contributed by atoms with van der Waals surface area (Å²) in [6.45, 7) is 9.98. The molecular weight excluding hydrogens is 674 g/mol. The highest BCUT2D eigenvalue weighted by molar-refractivity contribution is 6.32. The van der Waals surface area contributed by atoms with Crippen LogP contribution in [-0.4, -0.2) is 88.9 Å². The Morgan fingerprint density at radius 3 is 2.43 bits per heavy atom. The topological polar surface area (TPSA) is 159 Å². The molecule has 1 saturated heterocycles. The Labute approximate surface area is 306 Å². The van der Waals surface area contributed by atoms with E-state index in [1.54, 1.807) is 12.1 Å². The van der Waals surface area contributed by atoms with Crippen LogP contribution >= 0.6 is 11.6 Å². The number of fused-ring (bicyclic) bond motifs is 1. The van der Waals surface area contributed by atoms with Crippen molar-refractivity contribution in [2.75, 3.05) is 13.2 Å². The fourth-order valence-corrected chi connectivity index (χ4v) is 7.77. The molecule has 3 fully saturated rings. The minimum Gasteiger partial charge on any atom is -0.492 e. The van der Waals surface area contributed by atoms with Gasteiger partial charge in [-0.05, 0) is 75.0 Å². The second kappa shape index (κ2) is 17.0. The molecule has 0 aromatic heterocycles. The average molecular weight is 730 g/mol. The zero-order chi connectivity index (χ0) is 36.9. The van der Waals surface area contributed by atoms with Crippen LogP contribution in [0.1, 0.15) is 111 Å². The predicted molar refractivity (Wildman–Crippen MR) is 194 cm³/mol. The molecule has 4 aliphatic rings. The summed E-state index contributed by atoms with van der Waals surface area (Å²) in [6, 6.07) is 2.66. The number of hydrogen-bond acceptors (Lipinski definition) is 8. The van der Waals surface area contributed by atoms with Crippen LogP contribution in [0, 0.1) is 17.3 Å². The third-order valence-corrected chi connectivity index (χ3v) is 10.8. The summed E-state index contributed by atoms with van der Waals surface area (Å²) >= 11 is 6.53. The van der Waals surface area contributed by atoms with Gasteiger partial charge >= 0.3 is 0 Å². The highest BCUT2D eigenvalue weighted by Crippen LogP contribution is 2.37. The molecule has 51 heavy (non-hydrogen) atoms. The zero-order valence-electron chi connectivity index (χ0n) is 30.7. The number of piperidine rings is 1. The first-order valence-electron chi connectivity index (χ1n) is 18.9. The smallest absolute Gasteiger partial charge is 0.251 e. The van der Waals surface area contributed by atoms with Crippen molar-refractivity contribution in [1.29, 1.82) is 0 Å². The van der Waals surface area contributed by atoms with Gasteiger partial charge in [0.05, 0.1) is 29.9 Å². The lowest BCUT2D eigenvalue weighted by Gasteiger charge is -2.43. The Hall–Kier alpha value is -3.38. The van der Waals surface area contributed by atoms with E-state index in [1.807, 2.05) is 40.7 Å².